The third-order valence-corrected chi connectivity index (χ3v) is 4.02. The molecule has 0 spiro atoms. The Labute approximate surface area is 151 Å². The Kier molecular flexibility index (Phi) is 5.53. The lowest BCUT2D eigenvalue weighted by Gasteiger charge is -2.41. The Morgan fingerprint density at radius 3 is 2.00 bits per heavy atom. The number of alkyl halides is 2. The summed E-state index contributed by atoms with van der Waals surface area (Å²) in [5, 5.41) is 71.9. The second kappa shape index (κ2) is 7.24. The van der Waals surface area contributed by atoms with Crippen LogP contribution >= 0.6 is 0 Å². The minimum atomic E-state index is -4.36. The van der Waals surface area contributed by atoms with Crippen LogP contribution in [0.15, 0.2) is 12.1 Å². The number of aliphatic hydroxyl groups excluding tert-OH is 4. The number of hydrogen-bond acceptors (Lipinski definition) is 11. The summed E-state index contributed by atoms with van der Waals surface area (Å²) in [6.07, 6.45) is -13.3. The van der Waals surface area contributed by atoms with Gasteiger partial charge in [0.2, 0.25) is 6.29 Å². The molecule has 1 unspecified atom stereocenters. The molecule has 5 atom stereocenters. The highest BCUT2D eigenvalue weighted by Gasteiger charge is 2.59. The van der Waals surface area contributed by atoms with Gasteiger partial charge in [-0.15, -0.1) is 0 Å². The third-order valence-electron chi connectivity index (χ3n) is 4.02. The molecule has 4 N–H and O–H groups in total. The highest BCUT2D eigenvalue weighted by atomic mass is 19.3. The van der Waals surface area contributed by atoms with E-state index in [0.29, 0.717) is 12.1 Å². The Hall–Kier alpha value is -2.92. The standard InChI is InChI=1S/C12H11F2N3O11/c13-12(14)10(20)8(19)9(28-11(12)21)7(18)3-1-2-4(15(22)23)6(17(26)27)5(3)16(24)25/h1-2,7-11,18-21H/t7?,8-,9-,10+,11+/m1/s1. The summed E-state index contributed by atoms with van der Waals surface area (Å²) < 4.78 is 31.3. The predicted molar refractivity (Wildman–Crippen MR) is 79.2 cm³/mol. The first-order chi connectivity index (χ1) is 12.8. The van der Waals surface area contributed by atoms with Crippen molar-refractivity contribution in [3.8, 4) is 0 Å². The lowest BCUT2D eigenvalue weighted by Crippen LogP contribution is -2.62. The summed E-state index contributed by atoms with van der Waals surface area (Å²) in [5.74, 6) is -4.36. The first-order valence-electron chi connectivity index (χ1n) is 7.18. The van der Waals surface area contributed by atoms with Gasteiger partial charge in [0.15, 0.2) is 6.10 Å². The first-order valence-corrected chi connectivity index (χ1v) is 7.18. The van der Waals surface area contributed by atoms with E-state index in [4.69, 9.17) is 0 Å². The number of nitro benzene ring substituents is 3. The minimum Gasteiger partial charge on any atom is -0.387 e. The molecule has 1 aromatic rings. The molecule has 14 nitrogen and oxygen atoms in total. The van der Waals surface area contributed by atoms with Gasteiger partial charge in [0.1, 0.15) is 18.3 Å². The number of ether oxygens (including phenoxy) is 1. The van der Waals surface area contributed by atoms with Gasteiger partial charge in [-0.05, 0) is 6.07 Å². The van der Waals surface area contributed by atoms with Crippen LogP contribution in [0.25, 0.3) is 0 Å². The number of nitrogens with zero attached hydrogens (tertiary/aromatic N) is 3. The van der Waals surface area contributed by atoms with Crippen molar-refractivity contribution in [3.05, 3.63) is 48.0 Å². The lowest BCUT2D eigenvalue weighted by atomic mass is 9.90. The van der Waals surface area contributed by atoms with Crippen LogP contribution < -0.4 is 0 Å². The number of aliphatic hydroxyl groups is 4. The van der Waals surface area contributed by atoms with Crippen molar-refractivity contribution in [2.24, 2.45) is 0 Å². The van der Waals surface area contributed by atoms with Crippen molar-refractivity contribution in [1.82, 2.24) is 0 Å². The van der Waals surface area contributed by atoms with Crippen molar-refractivity contribution in [2.45, 2.75) is 36.6 Å². The highest BCUT2D eigenvalue weighted by molar-refractivity contribution is 5.69. The lowest BCUT2D eigenvalue weighted by molar-refractivity contribution is -0.441. The van der Waals surface area contributed by atoms with Gasteiger partial charge in [0, 0.05) is 6.07 Å². The Bertz CT molecular complexity index is 835. The Morgan fingerprint density at radius 1 is 1.00 bits per heavy atom. The first kappa shape index (κ1) is 21.4. The van der Waals surface area contributed by atoms with Crippen LogP contribution in [0.1, 0.15) is 11.7 Å². The average Bonchev–Trinajstić information content (AvgIpc) is 2.61. The van der Waals surface area contributed by atoms with Crippen molar-refractivity contribution < 1.29 is 48.7 Å². The molecular weight excluding hydrogens is 400 g/mol. The van der Waals surface area contributed by atoms with E-state index in [2.05, 4.69) is 4.74 Å². The second-order valence-corrected chi connectivity index (χ2v) is 5.65. The van der Waals surface area contributed by atoms with Crippen LogP contribution in [0.4, 0.5) is 25.8 Å². The number of rotatable bonds is 5. The molecule has 1 fully saturated rings. The van der Waals surface area contributed by atoms with Gasteiger partial charge < -0.3 is 25.2 Å². The third kappa shape index (κ3) is 3.34. The molecule has 28 heavy (non-hydrogen) atoms. The minimum absolute atomic E-state index is 0.445. The molecule has 1 saturated heterocycles. The van der Waals surface area contributed by atoms with Crippen molar-refractivity contribution in [3.63, 3.8) is 0 Å². The average molecular weight is 411 g/mol. The maximum atomic E-state index is 13.5. The van der Waals surface area contributed by atoms with Crippen molar-refractivity contribution >= 4 is 17.1 Å². The van der Waals surface area contributed by atoms with Gasteiger partial charge in [-0.25, -0.2) is 0 Å². The molecule has 0 aliphatic carbocycles. The van der Waals surface area contributed by atoms with Crippen LogP contribution in [0.2, 0.25) is 0 Å². The maximum absolute atomic E-state index is 13.5. The maximum Gasteiger partial charge on any atom is 0.422 e. The van der Waals surface area contributed by atoms with Crippen molar-refractivity contribution in [2.75, 3.05) is 0 Å². The highest BCUT2D eigenvalue weighted by Crippen LogP contribution is 2.44. The van der Waals surface area contributed by atoms with Gasteiger partial charge in [0.05, 0.1) is 20.3 Å². The molecule has 16 heteroatoms. The molecule has 2 rings (SSSR count). The van der Waals surface area contributed by atoms with E-state index in [1.807, 2.05) is 0 Å². The van der Waals surface area contributed by atoms with E-state index in [0.717, 1.165) is 0 Å². The van der Waals surface area contributed by atoms with E-state index in [1.54, 1.807) is 0 Å². The fourth-order valence-electron chi connectivity index (χ4n) is 2.65. The van der Waals surface area contributed by atoms with E-state index < -0.39 is 74.0 Å². The van der Waals surface area contributed by atoms with Crippen LogP contribution in [0, 0.1) is 30.3 Å². The molecular formula is C12H11F2N3O11. The molecule has 0 bridgehead atoms. The van der Waals surface area contributed by atoms with Crippen LogP contribution in [0.5, 0.6) is 0 Å². The fraction of sp³-hybridized carbons (Fsp3) is 0.500. The molecule has 0 radical (unpaired) electrons. The second-order valence-electron chi connectivity index (χ2n) is 5.65. The van der Waals surface area contributed by atoms with E-state index in [-0.39, 0.29) is 0 Å². The molecule has 0 saturated carbocycles. The summed E-state index contributed by atoms with van der Waals surface area (Å²) >= 11 is 0. The summed E-state index contributed by atoms with van der Waals surface area (Å²) in [7, 11) is 0. The summed E-state index contributed by atoms with van der Waals surface area (Å²) in [5.41, 5.74) is -5.45. The quantitative estimate of drug-likeness (QED) is 0.358. The molecule has 1 aliphatic rings. The largest absolute Gasteiger partial charge is 0.422 e. The van der Waals surface area contributed by atoms with Gasteiger partial charge in [-0.2, -0.15) is 8.78 Å². The van der Waals surface area contributed by atoms with Gasteiger partial charge >= 0.3 is 23.0 Å². The normalized spacial score (nSPS) is 27.8. The predicted octanol–water partition coefficient (Wildman–Crippen LogP) is -0.481. The fourth-order valence-corrected chi connectivity index (χ4v) is 2.65. The van der Waals surface area contributed by atoms with E-state index in [9.17, 15) is 59.5 Å². The zero-order valence-corrected chi connectivity index (χ0v) is 13.3. The van der Waals surface area contributed by atoms with Gasteiger partial charge in [-0.1, -0.05) is 0 Å². The Morgan fingerprint density at radius 2 is 1.54 bits per heavy atom. The summed E-state index contributed by atoms with van der Waals surface area (Å²) in [4.78, 5) is 29.1. The SMILES string of the molecule is O=[N+]([O-])c1ccc(C(O)[C@H]2O[C@H](O)C(F)(F)[C@@H](O)[C@@H]2O)c([N+](=O)[O-])c1[N+](=O)[O-]. The van der Waals surface area contributed by atoms with E-state index >= 15 is 0 Å². The zero-order chi connectivity index (χ0) is 21.5. The van der Waals surface area contributed by atoms with Gasteiger partial charge in [0.25, 0.3) is 0 Å². The van der Waals surface area contributed by atoms with E-state index in [1.165, 1.54) is 0 Å². The molecule has 1 aliphatic heterocycles. The molecule has 154 valence electrons. The monoisotopic (exact) mass is 411 g/mol. The van der Waals surface area contributed by atoms with Crippen LogP contribution in [-0.2, 0) is 4.74 Å². The topological polar surface area (TPSA) is 220 Å². The summed E-state index contributed by atoms with van der Waals surface area (Å²) in [6, 6.07) is 0.968. The molecule has 1 aromatic carbocycles. The van der Waals surface area contributed by atoms with Crippen LogP contribution in [0.3, 0.4) is 0 Å². The van der Waals surface area contributed by atoms with Gasteiger partial charge in [-0.3, -0.25) is 30.3 Å². The van der Waals surface area contributed by atoms with Crippen LogP contribution in [-0.4, -0.2) is 65.7 Å². The van der Waals surface area contributed by atoms with Crippen molar-refractivity contribution in [1.29, 1.82) is 0 Å². The number of halogens is 2. The Balaban J connectivity index is 2.61. The molecule has 0 amide bonds. The summed E-state index contributed by atoms with van der Waals surface area (Å²) in [6.45, 7) is 0. The number of nitro groups is 3. The molecule has 0 aromatic heterocycles. The molecule has 1 heterocycles. The smallest absolute Gasteiger partial charge is 0.387 e. The number of hydrogen-bond donors (Lipinski definition) is 4. The number of benzene rings is 1. The zero-order valence-electron chi connectivity index (χ0n) is 13.3.